The van der Waals surface area contributed by atoms with Gasteiger partial charge in [-0.15, -0.1) is 0 Å². The third kappa shape index (κ3) is 4.56. The lowest BCUT2D eigenvalue weighted by atomic mass is 10.2. The number of nitrogens with zero attached hydrogens (tertiary/aromatic N) is 2. The number of anilines is 1. The number of amides is 1. The molecule has 21 heavy (non-hydrogen) atoms. The van der Waals surface area contributed by atoms with Crippen molar-refractivity contribution in [1.82, 2.24) is 4.90 Å². The zero-order valence-electron chi connectivity index (χ0n) is 13.0. The van der Waals surface area contributed by atoms with Crippen LogP contribution in [-0.4, -0.2) is 42.8 Å². The quantitative estimate of drug-likeness (QED) is 0.852. The lowest BCUT2D eigenvalue weighted by Gasteiger charge is -2.36. The van der Waals surface area contributed by atoms with Crippen LogP contribution in [0.5, 0.6) is 0 Å². The van der Waals surface area contributed by atoms with E-state index in [1.54, 1.807) is 4.90 Å². The second-order valence-corrected chi connectivity index (χ2v) is 6.60. The Kier molecular flexibility index (Phi) is 5.04. The SMILES string of the molecule is CC(C)(C)OC(=O)N1CCN(c2cccc(CS)c2)CC1. The van der Waals surface area contributed by atoms with E-state index in [1.807, 2.05) is 20.8 Å². The minimum absolute atomic E-state index is 0.216. The molecule has 0 radical (unpaired) electrons. The van der Waals surface area contributed by atoms with Gasteiger partial charge in [-0.3, -0.25) is 0 Å². The number of rotatable bonds is 2. The maximum atomic E-state index is 12.0. The fourth-order valence-corrected chi connectivity index (χ4v) is 2.52. The number of benzene rings is 1. The number of carbonyl (C=O) groups excluding carboxylic acids is 1. The van der Waals surface area contributed by atoms with Gasteiger partial charge in [0.1, 0.15) is 5.60 Å². The average molecular weight is 308 g/mol. The fraction of sp³-hybridized carbons (Fsp3) is 0.562. The Morgan fingerprint density at radius 3 is 2.48 bits per heavy atom. The van der Waals surface area contributed by atoms with Gasteiger partial charge in [-0.05, 0) is 38.5 Å². The molecular weight excluding hydrogens is 284 g/mol. The molecule has 0 N–H and O–H groups in total. The van der Waals surface area contributed by atoms with Gasteiger partial charge in [-0.2, -0.15) is 12.6 Å². The van der Waals surface area contributed by atoms with Crippen LogP contribution in [0.25, 0.3) is 0 Å². The highest BCUT2D eigenvalue weighted by Crippen LogP contribution is 2.20. The largest absolute Gasteiger partial charge is 0.444 e. The van der Waals surface area contributed by atoms with Crippen molar-refractivity contribution < 1.29 is 9.53 Å². The van der Waals surface area contributed by atoms with Gasteiger partial charge >= 0.3 is 6.09 Å². The Balaban J connectivity index is 1.92. The molecule has 4 nitrogen and oxygen atoms in total. The van der Waals surface area contributed by atoms with Gasteiger partial charge in [0.05, 0.1) is 0 Å². The van der Waals surface area contributed by atoms with E-state index in [2.05, 4.69) is 41.8 Å². The molecule has 0 unspecified atom stereocenters. The first-order chi connectivity index (χ1) is 9.89. The molecule has 0 atom stereocenters. The predicted molar refractivity (Wildman–Crippen MR) is 89.2 cm³/mol. The number of hydrogen-bond acceptors (Lipinski definition) is 4. The van der Waals surface area contributed by atoms with Crippen LogP contribution >= 0.6 is 12.6 Å². The van der Waals surface area contributed by atoms with Crippen LogP contribution in [0.1, 0.15) is 26.3 Å². The summed E-state index contributed by atoms with van der Waals surface area (Å²) >= 11 is 4.31. The van der Waals surface area contributed by atoms with E-state index in [0.717, 1.165) is 18.8 Å². The Morgan fingerprint density at radius 1 is 1.24 bits per heavy atom. The minimum atomic E-state index is -0.435. The smallest absolute Gasteiger partial charge is 0.410 e. The Morgan fingerprint density at radius 2 is 1.90 bits per heavy atom. The molecule has 0 saturated carbocycles. The minimum Gasteiger partial charge on any atom is -0.444 e. The highest BCUT2D eigenvalue weighted by molar-refractivity contribution is 7.79. The fourth-order valence-electron chi connectivity index (χ4n) is 2.33. The average Bonchev–Trinajstić information content (AvgIpc) is 2.46. The third-order valence-electron chi connectivity index (χ3n) is 3.39. The van der Waals surface area contributed by atoms with Gasteiger partial charge in [0.15, 0.2) is 0 Å². The summed E-state index contributed by atoms with van der Waals surface area (Å²) in [5, 5.41) is 0. The maximum absolute atomic E-state index is 12.0. The first kappa shape index (κ1) is 16.0. The lowest BCUT2D eigenvalue weighted by Crippen LogP contribution is -2.50. The van der Waals surface area contributed by atoms with Crippen molar-refractivity contribution in [2.24, 2.45) is 0 Å². The molecule has 1 saturated heterocycles. The van der Waals surface area contributed by atoms with Gasteiger partial charge in [0.2, 0.25) is 0 Å². The molecule has 0 aliphatic carbocycles. The van der Waals surface area contributed by atoms with Gasteiger partial charge in [0, 0.05) is 37.6 Å². The van der Waals surface area contributed by atoms with Crippen LogP contribution in [0.2, 0.25) is 0 Å². The summed E-state index contributed by atoms with van der Waals surface area (Å²) < 4.78 is 5.41. The molecule has 0 aromatic heterocycles. The Labute approximate surface area is 132 Å². The molecule has 116 valence electrons. The Bertz CT molecular complexity index is 491. The Hall–Kier alpha value is -1.36. The van der Waals surface area contributed by atoms with Crippen LogP contribution in [0, 0.1) is 0 Å². The molecule has 1 heterocycles. The van der Waals surface area contributed by atoms with E-state index in [9.17, 15) is 4.79 Å². The number of piperazine rings is 1. The van der Waals surface area contributed by atoms with Crippen molar-refractivity contribution in [1.29, 1.82) is 0 Å². The summed E-state index contributed by atoms with van der Waals surface area (Å²) in [6, 6.07) is 8.40. The second kappa shape index (κ2) is 6.60. The summed E-state index contributed by atoms with van der Waals surface area (Å²) in [4.78, 5) is 16.1. The summed E-state index contributed by atoms with van der Waals surface area (Å²) in [6.45, 7) is 8.73. The van der Waals surface area contributed by atoms with Crippen molar-refractivity contribution in [3.8, 4) is 0 Å². The molecule has 0 spiro atoms. The normalized spacial score (nSPS) is 16.0. The van der Waals surface area contributed by atoms with Crippen LogP contribution in [-0.2, 0) is 10.5 Å². The van der Waals surface area contributed by atoms with Crippen molar-refractivity contribution in [2.75, 3.05) is 31.1 Å². The van der Waals surface area contributed by atoms with Gasteiger partial charge in [0.25, 0.3) is 0 Å². The molecule has 5 heteroatoms. The molecule has 1 fully saturated rings. The maximum Gasteiger partial charge on any atom is 0.410 e. The van der Waals surface area contributed by atoms with Crippen molar-refractivity contribution in [3.63, 3.8) is 0 Å². The van der Waals surface area contributed by atoms with Gasteiger partial charge in [-0.1, -0.05) is 12.1 Å². The summed E-state index contributed by atoms with van der Waals surface area (Å²) in [6.07, 6.45) is -0.216. The first-order valence-corrected chi connectivity index (χ1v) is 7.95. The highest BCUT2D eigenvalue weighted by atomic mass is 32.1. The summed E-state index contributed by atoms with van der Waals surface area (Å²) in [5.74, 6) is 0.742. The summed E-state index contributed by atoms with van der Waals surface area (Å²) in [7, 11) is 0. The van der Waals surface area contributed by atoms with Crippen LogP contribution in [0.4, 0.5) is 10.5 Å². The molecular formula is C16H24N2O2S. The monoisotopic (exact) mass is 308 g/mol. The van der Waals surface area contributed by atoms with Gasteiger partial charge in [-0.25, -0.2) is 4.79 Å². The van der Waals surface area contributed by atoms with E-state index in [4.69, 9.17) is 4.74 Å². The zero-order chi connectivity index (χ0) is 15.5. The molecule has 0 bridgehead atoms. The van der Waals surface area contributed by atoms with Crippen LogP contribution in [0.15, 0.2) is 24.3 Å². The number of thiol groups is 1. The molecule has 1 aromatic carbocycles. The molecule has 1 aliphatic rings. The zero-order valence-corrected chi connectivity index (χ0v) is 13.9. The van der Waals surface area contributed by atoms with Crippen LogP contribution < -0.4 is 4.90 Å². The number of hydrogen-bond donors (Lipinski definition) is 1. The van der Waals surface area contributed by atoms with E-state index in [-0.39, 0.29) is 6.09 Å². The number of ether oxygens (including phenoxy) is 1. The highest BCUT2D eigenvalue weighted by Gasteiger charge is 2.25. The number of carbonyl (C=O) groups is 1. The standard InChI is InChI=1S/C16H24N2O2S/c1-16(2,3)20-15(19)18-9-7-17(8-10-18)14-6-4-5-13(11-14)12-21/h4-6,11,21H,7-10,12H2,1-3H3. The van der Waals surface area contributed by atoms with Crippen molar-refractivity contribution in [3.05, 3.63) is 29.8 Å². The topological polar surface area (TPSA) is 32.8 Å². The van der Waals surface area contributed by atoms with E-state index in [0.29, 0.717) is 13.1 Å². The van der Waals surface area contributed by atoms with Crippen LogP contribution in [0.3, 0.4) is 0 Å². The van der Waals surface area contributed by atoms with Gasteiger partial charge < -0.3 is 14.5 Å². The van der Waals surface area contributed by atoms with E-state index < -0.39 is 5.60 Å². The molecule has 1 amide bonds. The van der Waals surface area contributed by atoms with E-state index in [1.165, 1.54) is 11.3 Å². The van der Waals surface area contributed by atoms with E-state index >= 15 is 0 Å². The molecule has 1 aromatic rings. The second-order valence-electron chi connectivity index (χ2n) is 6.28. The molecule has 2 rings (SSSR count). The predicted octanol–water partition coefficient (Wildman–Crippen LogP) is 3.17. The molecule has 1 aliphatic heterocycles. The third-order valence-corrected chi connectivity index (χ3v) is 3.75. The lowest BCUT2D eigenvalue weighted by molar-refractivity contribution is 0.0240. The first-order valence-electron chi connectivity index (χ1n) is 7.32. The van der Waals surface area contributed by atoms with Crippen molar-refractivity contribution >= 4 is 24.4 Å². The van der Waals surface area contributed by atoms with Crippen molar-refractivity contribution in [2.45, 2.75) is 32.1 Å². The summed E-state index contributed by atoms with van der Waals surface area (Å²) in [5.41, 5.74) is 1.98.